The standard InChI is InChI=1S/C8H15F3N2/c9-8(10,11)5-7(12)6-1-3-13-4-2-6/h6-7,13H,1-5,12H2. The van der Waals surface area contributed by atoms with Crippen molar-refractivity contribution in [2.24, 2.45) is 11.7 Å². The van der Waals surface area contributed by atoms with Crippen molar-refractivity contribution in [1.82, 2.24) is 5.32 Å². The Bertz CT molecular complexity index is 152. The van der Waals surface area contributed by atoms with Crippen LogP contribution in [-0.2, 0) is 0 Å². The maximum atomic E-state index is 12.0. The molecule has 0 aromatic rings. The molecule has 0 spiro atoms. The lowest BCUT2D eigenvalue weighted by molar-refractivity contribution is -0.141. The van der Waals surface area contributed by atoms with Gasteiger partial charge in [0.25, 0.3) is 0 Å². The third-order valence-corrected chi connectivity index (χ3v) is 2.46. The smallest absolute Gasteiger partial charge is 0.327 e. The normalized spacial score (nSPS) is 23.1. The number of hydrogen-bond acceptors (Lipinski definition) is 2. The van der Waals surface area contributed by atoms with Crippen molar-refractivity contribution in [3.05, 3.63) is 0 Å². The number of alkyl halides is 3. The summed E-state index contributed by atoms with van der Waals surface area (Å²) in [5.74, 6) is 0.0304. The van der Waals surface area contributed by atoms with Crippen molar-refractivity contribution >= 4 is 0 Å². The lowest BCUT2D eigenvalue weighted by atomic mass is 9.89. The van der Waals surface area contributed by atoms with Crippen LogP contribution in [0.1, 0.15) is 19.3 Å². The second-order valence-electron chi connectivity index (χ2n) is 3.57. The largest absolute Gasteiger partial charge is 0.390 e. The molecule has 3 N–H and O–H groups in total. The van der Waals surface area contributed by atoms with Gasteiger partial charge in [0.05, 0.1) is 6.42 Å². The first kappa shape index (κ1) is 10.8. The van der Waals surface area contributed by atoms with Gasteiger partial charge in [-0.25, -0.2) is 0 Å². The predicted molar refractivity (Wildman–Crippen MR) is 44.2 cm³/mol. The van der Waals surface area contributed by atoms with Crippen molar-refractivity contribution in [3.63, 3.8) is 0 Å². The average molecular weight is 196 g/mol. The molecule has 13 heavy (non-hydrogen) atoms. The summed E-state index contributed by atoms with van der Waals surface area (Å²) in [6.07, 6.45) is -3.45. The van der Waals surface area contributed by atoms with E-state index in [9.17, 15) is 13.2 Å². The van der Waals surface area contributed by atoms with Gasteiger partial charge in [-0.15, -0.1) is 0 Å². The lowest BCUT2D eigenvalue weighted by Gasteiger charge is -2.28. The minimum absolute atomic E-state index is 0.0304. The minimum Gasteiger partial charge on any atom is -0.327 e. The average Bonchev–Trinajstić information content (AvgIpc) is 2.03. The molecule has 0 aliphatic carbocycles. The molecule has 0 amide bonds. The van der Waals surface area contributed by atoms with Gasteiger partial charge in [-0.3, -0.25) is 0 Å². The zero-order chi connectivity index (χ0) is 9.90. The summed E-state index contributed by atoms with van der Waals surface area (Å²) in [7, 11) is 0. The molecule has 0 aromatic heterocycles. The topological polar surface area (TPSA) is 38.0 Å². The Morgan fingerprint density at radius 3 is 2.31 bits per heavy atom. The molecule has 0 saturated carbocycles. The van der Waals surface area contributed by atoms with E-state index in [0.29, 0.717) is 0 Å². The fourth-order valence-corrected chi connectivity index (χ4v) is 1.71. The van der Waals surface area contributed by atoms with Crippen LogP contribution in [0.2, 0.25) is 0 Å². The van der Waals surface area contributed by atoms with Gasteiger partial charge in [-0.2, -0.15) is 13.2 Å². The Kier molecular flexibility index (Phi) is 3.55. The molecule has 78 valence electrons. The van der Waals surface area contributed by atoms with Crippen molar-refractivity contribution in [2.75, 3.05) is 13.1 Å². The summed E-state index contributed by atoms with van der Waals surface area (Å²) < 4.78 is 35.9. The van der Waals surface area contributed by atoms with Gasteiger partial charge in [0.2, 0.25) is 0 Å². The van der Waals surface area contributed by atoms with Crippen molar-refractivity contribution in [2.45, 2.75) is 31.5 Å². The summed E-state index contributed by atoms with van der Waals surface area (Å²) in [6, 6.07) is -0.720. The van der Waals surface area contributed by atoms with E-state index in [4.69, 9.17) is 5.73 Å². The molecule has 1 atom stereocenters. The molecule has 1 fully saturated rings. The quantitative estimate of drug-likeness (QED) is 0.698. The molecule has 2 nitrogen and oxygen atoms in total. The Morgan fingerprint density at radius 1 is 1.31 bits per heavy atom. The number of piperidine rings is 1. The van der Waals surface area contributed by atoms with E-state index in [1.807, 2.05) is 0 Å². The second-order valence-corrected chi connectivity index (χ2v) is 3.57. The van der Waals surface area contributed by atoms with Gasteiger partial charge < -0.3 is 11.1 Å². The fourth-order valence-electron chi connectivity index (χ4n) is 1.71. The summed E-state index contributed by atoms with van der Waals surface area (Å²) in [5.41, 5.74) is 5.49. The van der Waals surface area contributed by atoms with Gasteiger partial charge >= 0.3 is 6.18 Å². The Hall–Kier alpha value is -0.290. The third-order valence-electron chi connectivity index (χ3n) is 2.46. The molecule has 0 aromatic carbocycles. The van der Waals surface area contributed by atoms with Crippen LogP contribution in [0.15, 0.2) is 0 Å². The first-order valence-electron chi connectivity index (χ1n) is 4.52. The fraction of sp³-hybridized carbons (Fsp3) is 1.00. The Morgan fingerprint density at radius 2 is 1.85 bits per heavy atom. The second kappa shape index (κ2) is 4.28. The van der Waals surface area contributed by atoms with Gasteiger partial charge in [0.15, 0.2) is 0 Å². The molecule has 5 heteroatoms. The Labute approximate surface area is 75.7 Å². The summed E-state index contributed by atoms with van der Waals surface area (Å²) in [4.78, 5) is 0. The number of hydrogen-bond donors (Lipinski definition) is 2. The SMILES string of the molecule is NC(CC(F)(F)F)C1CCNCC1. The zero-order valence-corrected chi connectivity index (χ0v) is 7.40. The van der Waals surface area contributed by atoms with Gasteiger partial charge in [-0.1, -0.05) is 0 Å². The van der Waals surface area contributed by atoms with Crippen LogP contribution in [0.25, 0.3) is 0 Å². The minimum atomic E-state index is -4.12. The maximum Gasteiger partial charge on any atom is 0.390 e. The highest BCUT2D eigenvalue weighted by molar-refractivity contribution is 4.79. The zero-order valence-electron chi connectivity index (χ0n) is 7.40. The van der Waals surface area contributed by atoms with Crippen LogP contribution in [-0.4, -0.2) is 25.3 Å². The summed E-state index contributed by atoms with van der Waals surface area (Å²) in [6.45, 7) is 1.58. The highest BCUT2D eigenvalue weighted by Crippen LogP contribution is 2.26. The van der Waals surface area contributed by atoms with Crippen LogP contribution >= 0.6 is 0 Å². The molecule has 1 rings (SSSR count). The summed E-state index contributed by atoms with van der Waals surface area (Å²) >= 11 is 0. The van der Waals surface area contributed by atoms with Gasteiger partial charge in [-0.05, 0) is 31.8 Å². The molecule has 0 bridgehead atoms. The molecule has 1 aliphatic heterocycles. The molecule has 1 aliphatic rings. The van der Waals surface area contributed by atoms with Crippen LogP contribution in [0.5, 0.6) is 0 Å². The van der Waals surface area contributed by atoms with Crippen molar-refractivity contribution < 1.29 is 13.2 Å². The molecule has 1 unspecified atom stereocenters. The van der Waals surface area contributed by atoms with Crippen LogP contribution < -0.4 is 11.1 Å². The van der Waals surface area contributed by atoms with Gasteiger partial charge in [0.1, 0.15) is 0 Å². The lowest BCUT2D eigenvalue weighted by Crippen LogP contribution is -2.40. The molecular formula is C8H15F3N2. The highest BCUT2D eigenvalue weighted by atomic mass is 19.4. The first-order chi connectivity index (χ1) is 5.99. The van der Waals surface area contributed by atoms with E-state index in [2.05, 4.69) is 5.32 Å². The molecule has 1 heterocycles. The van der Waals surface area contributed by atoms with E-state index >= 15 is 0 Å². The van der Waals surface area contributed by atoms with E-state index in [0.717, 1.165) is 25.9 Å². The first-order valence-corrected chi connectivity index (χ1v) is 4.52. The monoisotopic (exact) mass is 196 g/mol. The summed E-state index contributed by atoms with van der Waals surface area (Å²) in [5, 5.41) is 3.10. The number of rotatable bonds is 2. The maximum absolute atomic E-state index is 12.0. The third kappa shape index (κ3) is 3.95. The molecular weight excluding hydrogens is 181 g/mol. The van der Waals surface area contributed by atoms with Crippen LogP contribution in [0.4, 0.5) is 13.2 Å². The molecule has 0 radical (unpaired) electrons. The van der Waals surface area contributed by atoms with E-state index in [1.54, 1.807) is 0 Å². The number of nitrogens with two attached hydrogens (primary N) is 1. The van der Waals surface area contributed by atoms with Crippen LogP contribution in [0, 0.1) is 5.92 Å². The highest BCUT2D eigenvalue weighted by Gasteiger charge is 2.33. The van der Waals surface area contributed by atoms with E-state index < -0.39 is 18.6 Å². The number of nitrogens with one attached hydrogen (secondary N) is 1. The van der Waals surface area contributed by atoms with E-state index in [1.165, 1.54) is 0 Å². The molecule has 1 saturated heterocycles. The van der Waals surface area contributed by atoms with E-state index in [-0.39, 0.29) is 5.92 Å². The van der Waals surface area contributed by atoms with Crippen LogP contribution in [0.3, 0.4) is 0 Å². The van der Waals surface area contributed by atoms with Gasteiger partial charge in [0, 0.05) is 6.04 Å². The predicted octanol–water partition coefficient (Wildman–Crippen LogP) is 1.27. The van der Waals surface area contributed by atoms with Crippen molar-refractivity contribution in [3.8, 4) is 0 Å². The number of halogens is 3. The Balaban J connectivity index is 2.33. The van der Waals surface area contributed by atoms with Crippen molar-refractivity contribution in [1.29, 1.82) is 0 Å².